The second-order valence-electron chi connectivity index (χ2n) is 3.40. The number of ether oxygens (including phenoxy) is 1. The van der Waals surface area contributed by atoms with E-state index in [1.165, 1.54) is 0 Å². The molecule has 3 heteroatoms. The van der Waals surface area contributed by atoms with Crippen LogP contribution < -0.4 is 10.6 Å². The molecule has 2 fully saturated rings. The van der Waals surface area contributed by atoms with Gasteiger partial charge in [-0.05, 0) is 6.42 Å². The molecule has 0 saturated carbocycles. The molecule has 11 heavy (non-hydrogen) atoms. The van der Waals surface area contributed by atoms with E-state index in [0.717, 1.165) is 39.3 Å². The van der Waals surface area contributed by atoms with E-state index in [1.54, 1.807) is 5.31 Å². The second-order valence-corrected chi connectivity index (χ2v) is 3.40. The highest BCUT2D eigenvalue weighted by Crippen LogP contribution is 2.16. The van der Waals surface area contributed by atoms with Crippen LogP contribution in [0, 0.1) is 5.92 Å². The standard InChI is InChI=1S/C8H16N2O/c1-2-10-8(4-9-1)3-7-5-11-6-7/h7-10H,1-6H2/i/hD. The van der Waals surface area contributed by atoms with Crippen molar-refractivity contribution >= 4 is 0 Å². The van der Waals surface area contributed by atoms with Crippen LogP contribution in [0.1, 0.15) is 6.42 Å². The lowest BCUT2D eigenvalue weighted by Crippen LogP contribution is -2.50. The zero-order chi connectivity index (χ0) is 8.39. The molecule has 0 amide bonds. The minimum absolute atomic E-state index is 0.410. The normalized spacial score (nSPS) is 36.4. The lowest BCUT2D eigenvalue weighted by molar-refractivity contribution is -0.0401. The van der Waals surface area contributed by atoms with Gasteiger partial charge in [0.05, 0.1) is 13.2 Å². The number of nitrogens with one attached hydrogen (secondary N) is 2. The highest BCUT2D eigenvalue weighted by Gasteiger charge is 2.23. The summed E-state index contributed by atoms with van der Waals surface area (Å²) in [5.74, 6) is 0.711. The van der Waals surface area contributed by atoms with Crippen LogP contribution in [0.3, 0.4) is 0 Å². The summed E-state index contributed by atoms with van der Waals surface area (Å²) in [7, 11) is 0. The largest absolute Gasteiger partial charge is 0.381 e. The van der Waals surface area contributed by atoms with Crippen LogP contribution in [-0.4, -0.2) is 38.9 Å². The van der Waals surface area contributed by atoms with E-state index in [1.807, 2.05) is 0 Å². The average molecular weight is 157 g/mol. The minimum Gasteiger partial charge on any atom is -0.381 e. The van der Waals surface area contributed by atoms with Crippen LogP contribution in [0.25, 0.3) is 0 Å². The van der Waals surface area contributed by atoms with Gasteiger partial charge in [0.1, 0.15) is 1.41 Å². The van der Waals surface area contributed by atoms with Crippen molar-refractivity contribution < 1.29 is 6.15 Å². The van der Waals surface area contributed by atoms with Gasteiger partial charge in [-0.3, -0.25) is 0 Å². The Labute approximate surface area is 69.0 Å². The third-order valence-electron chi connectivity index (χ3n) is 2.37. The molecule has 0 aliphatic carbocycles. The zero-order valence-electron chi connectivity index (χ0n) is 7.75. The molecule has 0 radical (unpaired) electrons. The maximum Gasteiger partial charge on any atom is 0.123 e. The molecule has 0 aromatic rings. The lowest BCUT2D eigenvalue weighted by atomic mass is 9.97. The summed E-state index contributed by atoms with van der Waals surface area (Å²) in [6.45, 7) is 4.61. The first-order valence-corrected chi connectivity index (χ1v) is 4.40. The van der Waals surface area contributed by atoms with Crippen molar-refractivity contribution in [2.24, 2.45) is 5.92 Å². The molecule has 0 bridgehead atoms. The molecule has 0 aromatic heterocycles. The first-order valence-electron chi connectivity index (χ1n) is 4.85. The maximum absolute atomic E-state index is 7.67. The summed E-state index contributed by atoms with van der Waals surface area (Å²) in [6.07, 6.45) is 1.12. The van der Waals surface area contributed by atoms with Crippen LogP contribution in [0.5, 0.6) is 0 Å². The molecule has 2 rings (SSSR count). The van der Waals surface area contributed by atoms with Gasteiger partial charge in [0.15, 0.2) is 0 Å². The predicted octanol–water partition coefficient (Wildman–Crippen LogP) is -0.416. The maximum atomic E-state index is 7.67. The SMILES string of the molecule is [2H]N1CCNCC1CC1COC1. The summed E-state index contributed by atoms with van der Waals surface area (Å²) in [4.78, 5) is 0. The molecule has 2 aliphatic rings. The van der Waals surface area contributed by atoms with E-state index in [0.29, 0.717) is 12.0 Å². The third kappa shape index (κ3) is 1.92. The molecule has 0 spiro atoms. The monoisotopic (exact) mass is 157 g/mol. The smallest absolute Gasteiger partial charge is 0.123 e. The van der Waals surface area contributed by atoms with Crippen molar-refractivity contribution in [2.45, 2.75) is 12.5 Å². The fourth-order valence-corrected chi connectivity index (χ4v) is 1.62. The first-order chi connectivity index (χ1) is 5.86. The van der Waals surface area contributed by atoms with E-state index in [9.17, 15) is 0 Å². The van der Waals surface area contributed by atoms with Crippen LogP contribution in [0.2, 0.25) is 1.41 Å². The van der Waals surface area contributed by atoms with Crippen LogP contribution in [0.4, 0.5) is 0 Å². The van der Waals surface area contributed by atoms with Gasteiger partial charge in [0.2, 0.25) is 0 Å². The van der Waals surface area contributed by atoms with Gasteiger partial charge >= 0.3 is 0 Å². The number of hydrogen-bond acceptors (Lipinski definition) is 3. The highest BCUT2D eigenvalue weighted by atomic mass is 16.5. The Morgan fingerprint density at radius 3 is 3.00 bits per heavy atom. The Morgan fingerprint density at radius 1 is 1.45 bits per heavy atom. The molecular weight excluding hydrogens is 140 g/mol. The molecule has 2 heterocycles. The average Bonchev–Trinajstić information content (AvgIpc) is 2.00. The fraction of sp³-hybridized carbons (Fsp3) is 1.00. The van der Waals surface area contributed by atoms with Gasteiger partial charge in [0, 0.05) is 31.6 Å². The first kappa shape index (κ1) is 6.40. The zero-order valence-corrected chi connectivity index (χ0v) is 6.75. The van der Waals surface area contributed by atoms with Gasteiger partial charge in [-0.15, -0.1) is 0 Å². The Morgan fingerprint density at radius 2 is 2.36 bits per heavy atom. The molecule has 2 saturated heterocycles. The fourth-order valence-electron chi connectivity index (χ4n) is 1.62. The van der Waals surface area contributed by atoms with E-state index >= 15 is 0 Å². The van der Waals surface area contributed by atoms with Crippen molar-refractivity contribution in [2.75, 3.05) is 32.8 Å². The number of piperazine rings is 1. The third-order valence-corrected chi connectivity index (χ3v) is 2.37. The van der Waals surface area contributed by atoms with E-state index in [4.69, 9.17) is 6.15 Å². The molecular formula is C8H16N2O. The van der Waals surface area contributed by atoms with E-state index in [2.05, 4.69) is 5.32 Å². The lowest BCUT2D eigenvalue weighted by Gasteiger charge is -2.32. The van der Waals surface area contributed by atoms with Gasteiger partial charge < -0.3 is 15.4 Å². The summed E-state index contributed by atoms with van der Waals surface area (Å²) in [5, 5.41) is 5.03. The number of rotatable bonds is 2. The molecule has 1 unspecified atom stereocenters. The Hall–Kier alpha value is -0.120. The molecule has 2 N–H and O–H groups in total. The van der Waals surface area contributed by atoms with Gasteiger partial charge in [0.25, 0.3) is 0 Å². The summed E-state index contributed by atoms with van der Waals surface area (Å²) in [6, 6.07) is 0.410. The molecule has 0 aromatic carbocycles. The van der Waals surface area contributed by atoms with Gasteiger partial charge in [-0.2, -0.15) is 0 Å². The summed E-state index contributed by atoms with van der Waals surface area (Å²) >= 11 is 0. The van der Waals surface area contributed by atoms with Crippen LogP contribution >= 0.6 is 0 Å². The molecule has 64 valence electrons. The van der Waals surface area contributed by atoms with E-state index < -0.39 is 0 Å². The van der Waals surface area contributed by atoms with Crippen molar-refractivity contribution in [3.8, 4) is 0 Å². The molecule has 2 aliphatic heterocycles. The predicted molar refractivity (Wildman–Crippen MR) is 43.6 cm³/mol. The number of hydrogen-bond donors (Lipinski definition) is 2. The van der Waals surface area contributed by atoms with Crippen LogP contribution in [-0.2, 0) is 4.74 Å². The Balaban J connectivity index is 1.76. The molecule has 1 atom stereocenters. The van der Waals surface area contributed by atoms with E-state index in [-0.39, 0.29) is 0 Å². The second kappa shape index (κ2) is 3.52. The van der Waals surface area contributed by atoms with Gasteiger partial charge in [-0.1, -0.05) is 0 Å². The topological polar surface area (TPSA) is 33.3 Å². The summed E-state index contributed by atoms with van der Waals surface area (Å²) in [5.41, 5.74) is 0. The van der Waals surface area contributed by atoms with Crippen molar-refractivity contribution in [1.29, 1.82) is 0 Å². The molecule has 3 nitrogen and oxygen atoms in total. The Kier molecular flexibility index (Phi) is 2.05. The van der Waals surface area contributed by atoms with Gasteiger partial charge in [-0.25, -0.2) is 0 Å². The summed E-state index contributed by atoms with van der Waals surface area (Å²) < 4.78 is 12.8. The van der Waals surface area contributed by atoms with Crippen molar-refractivity contribution in [3.63, 3.8) is 0 Å². The van der Waals surface area contributed by atoms with Crippen molar-refractivity contribution in [1.82, 2.24) is 10.6 Å². The highest BCUT2D eigenvalue weighted by molar-refractivity contribution is 4.80. The minimum atomic E-state index is 0.410. The van der Waals surface area contributed by atoms with Crippen LogP contribution in [0.15, 0.2) is 0 Å². The quantitative estimate of drug-likeness (QED) is 0.571. The van der Waals surface area contributed by atoms with Crippen molar-refractivity contribution in [3.05, 3.63) is 0 Å². The Bertz CT molecular complexity index is 152.